The first-order chi connectivity index (χ1) is 24.3. The minimum absolute atomic E-state index is 0.0399. The standard InChI is InChI=1S/C42H50N4O4/c1-43(2)39-19-15-37(16-20-39)41(47)23-25-45(33-35-11-7-5-8-12-35)27-29-49-31-32-50-30-28-46(34-36-13-9-6-10-14-36)26-24-42(48)38-17-21-40(22-18-38)44(3)4/h5-26H,27-34H2,1-4H3. The Hall–Kier alpha value is -5.18. The van der Waals surface area contributed by atoms with Crippen molar-refractivity contribution in [2.45, 2.75) is 13.1 Å². The van der Waals surface area contributed by atoms with E-state index in [1.165, 1.54) is 0 Å². The van der Waals surface area contributed by atoms with Gasteiger partial charge in [0.1, 0.15) is 0 Å². The summed E-state index contributed by atoms with van der Waals surface area (Å²) in [6.07, 6.45) is 6.96. The van der Waals surface area contributed by atoms with Gasteiger partial charge in [-0.05, 0) is 59.7 Å². The van der Waals surface area contributed by atoms with Crippen molar-refractivity contribution in [3.05, 3.63) is 156 Å². The highest BCUT2D eigenvalue weighted by molar-refractivity contribution is 6.05. The fraction of sp³-hybridized carbons (Fsp3) is 0.286. The molecule has 0 aromatic heterocycles. The van der Waals surface area contributed by atoms with Crippen LogP contribution in [0.4, 0.5) is 11.4 Å². The Bertz CT molecular complexity index is 1510. The predicted molar refractivity (Wildman–Crippen MR) is 204 cm³/mol. The van der Waals surface area contributed by atoms with Crippen LogP contribution in [0.2, 0.25) is 0 Å². The SMILES string of the molecule is CN(C)c1ccc(C(=O)C=CN(CCOCCOCCN(C=CC(=O)c2ccc(N(C)C)cc2)Cc2ccccc2)Cc2ccccc2)cc1. The molecule has 262 valence electrons. The second kappa shape index (κ2) is 20.4. The summed E-state index contributed by atoms with van der Waals surface area (Å²) in [6.45, 7) is 4.47. The third kappa shape index (κ3) is 13.0. The summed E-state index contributed by atoms with van der Waals surface area (Å²) in [4.78, 5) is 34.0. The lowest BCUT2D eigenvalue weighted by Gasteiger charge is -2.21. The van der Waals surface area contributed by atoms with Crippen LogP contribution >= 0.6 is 0 Å². The number of ether oxygens (including phenoxy) is 2. The lowest BCUT2D eigenvalue weighted by Crippen LogP contribution is -2.24. The number of allylic oxidation sites excluding steroid dienone is 2. The molecule has 4 aromatic rings. The number of anilines is 2. The Morgan fingerprint density at radius 2 is 0.860 bits per heavy atom. The molecule has 0 amide bonds. The van der Waals surface area contributed by atoms with Crippen molar-refractivity contribution >= 4 is 22.9 Å². The number of nitrogens with zero attached hydrogens (tertiary/aromatic N) is 4. The maximum Gasteiger partial charge on any atom is 0.187 e. The first-order valence-electron chi connectivity index (χ1n) is 17.0. The average molecular weight is 675 g/mol. The summed E-state index contributed by atoms with van der Waals surface area (Å²) in [5, 5.41) is 0. The van der Waals surface area contributed by atoms with Gasteiger partial charge in [0.25, 0.3) is 0 Å². The molecule has 0 atom stereocenters. The van der Waals surface area contributed by atoms with E-state index in [1.807, 2.05) is 135 Å². The number of rotatable bonds is 21. The smallest absolute Gasteiger partial charge is 0.187 e. The highest BCUT2D eigenvalue weighted by Crippen LogP contribution is 2.15. The molecule has 0 unspecified atom stereocenters. The topological polar surface area (TPSA) is 65.6 Å². The summed E-state index contributed by atoms with van der Waals surface area (Å²) in [7, 11) is 7.91. The molecular weight excluding hydrogens is 624 g/mol. The van der Waals surface area contributed by atoms with Crippen molar-refractivity contribution in [3.8, 4) is 0 Å². The van der Waals surface area contributed by atoms with E-state index in [-0.39, 0.29) is 11.6 Å². The zero-order valence-electron chi connectivity index (χ0n) is 29.8. The minimum Gasteiger partial charge on any atom is -0.378 e. The van der Waals surface area contributed by atoms with Gasteiger partial charge in [-0.1, -0.05) is 60.7 Å². The van der Waals surface area contributed by atoms with Crippen molar-refractivity contribution in [3.63, 3.8) is 0 Å². The second-order valence-corrected chi connectivity index (χ2v) is 12.4. The molecule has 0 aliphatic rings. The number of ketones is 2. The monoisotopic (exact) mass is 674 g/mol. The largest absolute Gasteiger partial charge is 0.378 e. The molecule has 0 N–H and O–H groups in total. The van der Waals surface area contributed by atoms with Crippen molar-refractivity contribution in [1.29, 1.82) is 0 Å². The molecule has 0 bridgehead atoms. The molecule has 0 radical (unpaired) electrons. The third-order valence-corrected chi connectivity index (χ3v) is 8.08. The van der Waals surface area contributed by atoms with Crippen LogP contribution in [0.25, 0.3) is 0 Å². The van der Waals surface area contributed by atoms with Gasteiger partial charge < -0.3 is 29.1 Å². The highest BCUT2D eigenvalue weighted by Gasteiger charge is 2.08. The van der Waals surface area contributed by atoms with E-state index in [2.05, 4.69) is 34.1 Å². The third-order valence-electron chi connectivity index (χ3n) is 8.08. The summed E-state index contributed by atoms with van der Waals surface area (Å²) >= 11 is 0. The Balaban J connectivity index is 1.23. The zero-order valence-corrected chi connectivity index (χ0v) is 29.8. The fourth-order valence-electron chi connectivity index (χ4n) is 5.12. The van der Waals surface area contributed by atoms with E-state index in [4.69, 9.17) is 9.47 Å². The first-order valence-corrected chi connectivity index (χ1v) is 17.0. The Morgan fingerprint density at radius 1 is 0.500 bits per heavy atom. The quantitative estimate of drug-likeness (QED) is 0.0535. The zero-order chi connectivity index (χ0) is 35.6. The number of benzene rings is 4. The van der Waals surface area contributed by atoms with Gasteiger partial charge in [-0.15, -0.1) is 0 Å². The molecule has 0 saturated heterocycles. The van der Waals surface area contributed by atoms with Gasteiger partial charge in [-0.2, -0.15) is 0 Å². The number of hydrogen-bond donors (Lipinski definition) is 0. The van der Waals surface area contributed by atoms with Crippen molar-refractivity contribution in [1.82, 2.24) is 9.80 Å². The minimum atomic E-state index is -0.0399. The summed E-state index contributed by atoms with van der Waals surface area (Å²) < 4.78 is 11.8. The summed E-state index contributed by atoms with van der Waals surface area (Å²) in [6, 6.07) is 35.6. The van der Waals surface area contributed by atoms with Gasteiger partial charge >= 0.3 is 0 Å². The number of carbonyl (C=O) groups is 2. The molecule has 0 saturated carbocycles. The molecular formula is C42H50N4O4. The van der Waals surface area contributed by atoms with E-state index in [9.17, 15) is 9.59 Å². The molecule has 0 aliphatic heterocycles. The van der Waals surface area contributed by atoms with Crippen LogP contribution in [-0.2, 0) is 22.6 Å². The van der Waals surface area contributed by atoms with Crippen molar-refractivity contribution in [2.75, 3.05) is 77.5 Å². The van der Waals surface area contributed by atoms with Gasteiger partial charge in [-0.3, -0.25) is 9.59 Å². The van der Waals surface area contributed by atoms with Crippen LogP contribution in [0.1, 0.15) is 31.8 Å². The van der Waals surface area contributed by atoms with Crippen LogP contribution in [0.3, 0.4) is 0 Å². The number of hydrogen-bond acceptors (Lipinski definition) is 8. The molecule has 8 nitrogen and oxygen atoms in total. The Kier molecular flexibility index (Phi) is 15.3. The van der Waals surface area contributed by atoms with E-state index in [0.717, 1.165) is 22.5 Å². The van der Waals surface area contributed by atoms with Gasteiger partial charge in [-0.25, -0.2) is 0 Å². The van der Waals surface area contributed by atoms with Crippen LogP contribution < -0.4 is 9.80 Å². The molecule has 0 heterocycles. The second-order valence-electron chi connectivity index (χ2n) is 12.4. The first kappa shape index (κ1) is 37.6. The summed E-state index contributed by atoms with van der Waals surface area (Å²) in [5.41, 5.74) is 5.71. The van der Waals surface area contributed by atoms with Gasteiger partial charge in [0.15, 0.2) is 11.6 Å². The Morgan fingerprint density at radius 3 is 1.20 bits per heavy atom. The molecule has 4 aromatic carbocycles. The molecule has 8 heteroatoms. The lowest BCUT2D eigenvalue weighted by molar-refractivity contribution is 0.0368. The average Bonchev–Trinajstić information content (AvgIpc) is 3.14. The fourth-order valence-corrected chi connectivity index (χ4v) is 5.12. The van der Waals surface area contributed by atoms with Crippen LogP contribution in [0.5, 0.6) is 0 Å². The number of carbonyl (C=O) groups excluding carboxylic acids is 2. The molecule has 0 spiro atoms. The lowest BCUT2D eigenvalue weighted by atomic mass is 10.1. The van der Waals surface area contributed by atoms with Crippen molar-refractivity contribution < 1.29 is 19.1 Å². The maximum absolute atomic E-state index is 12.9. The van der Waals surface area contributed by atoms with Gasteiger partial charge in [0.05, 0.1) is 26.4 Å². The van der Waals surface area contributed by atoms with Crippen LogP contribution in [0.15, 0.2) is 134 Å². The molecule has 0 aliphatic carbocycles. The van der Waals surface area contributed by atoms with Gasteiger partial charge in [0.2, 0.25) is 0 Å². The van der Waals surface area contributed by atoms with Crippen LogP contribution in [-0.4, -0.2) is 89.1 Å². The van der Waals surface area contributed by atoms with E-state index < -0.39 is 0 Å². The van der Waals surface area contributed by atoms with Crippen molar-refractivity contribution in [2.24, 2.45) is 0 Å². The highest BCUT2D eigenvalue weighted by atomic mass is 16.5. The molecule has 4 rings (SSSR count). The molecule has 0 fully saturated rings. The normalized spacial score (nSPS) is 11.2. The Labute approximate surface area is 297 Å². The van der Waals surface area contributed by atoms with Gasteiger partial charge in [0, 0.05) is 101 Å². The molecule has 50 heavy (non-hydrogen) atoms. The van der Waals surface area contributed by atoms with E-state index >= 15 is 0 Å². The van der Waals surface area contributed by atoms with Crippen LogP contribution in [0, 0.1) is 0 Å². The maximum atomic E-state index is 12.9. The summed E-state index contributed by atoms with van der Waals surface area (Å²) in [5.74, 6) is -0.0799. The van der Waals surface area contributed by atoms with E-state index in [0.29, 0.717) is 63.7 Å². The van der Waals surface area contributed by atoms with E-state index in [1.54, 1.807) is 12.2 Å². The predicted octanol–water partition coefficient (Wildman–Crippen LogP) is 6.95.